The molecule has 23 heavy (non-hydrogen) atoms. The van der Waals surface area contributed by atoms with Crippen molar-refractivity contribution in [2.45, 2.75) is 6.42 Å². The molecule has 0 aromatic heterocycles. The SMILES string of the molecule is CO[NH2+]c1ccc(C(=O)NNC(=O)Cc2cccc(O)c2)cc1. The van der Waals surface area contributed by atoms with Crippen LogP contribution < -0.4 is 16.3 Å². The van der Waals surface area contributed by atoms with E-state index in [1.165, 1.54) is 12.1 Å². The largest absolute Gasteiger partial charge is 0.508 e. The number of phenolic OH excluding ortho intramolecular Hbond substituents is 1. The molecule has 0 atom stereocenters. The van der Waals surface area contributed by atoms with Gasteiger partial charge in [-0.25, -0.2) is 4.84 Å². The number of phenols is 1. The van der Waals surface area contributed by atoms with Crippen LogP contribution in [0.3, 0.4) is 0 Å². The summed E-state index contributed by atoms with van der Waals surface area (Å²) in [5.74, 6) is -0.709. The first-order valence-corrected chi connectivity index (χ1v) is 6.91. The number of hydrogen-bond donors (Lipinski definition) is 4. The van der Waals surface area contributed by atoms with E-state index < -0.39 is 5.91 Å². The molecule has 0 heterocycles. The number of carbonyl (C=O) groups excluding carboxylic acids is 2. The molecule has 2 amide bonds. The number of nitrogens with two attached hydrogens (primary N) is 1. The maximum Gasteiger partial charge on any atom is 0.269 e. The Bertz CT molecular complexity index is 686. The molecule has 2 aromatic rings. The van der Waals surface area contributed by atoms with Crippen molar-refractivity contribution < 1.29 is 25.0 Å². The van der Waals surface area contributed by atoms with Gasteiger partial charge in [-0.2, -0.15) is 5.48 Å². The summed E-state index contributed by atoms with van der Waals surface area (Å²) in [6.07, 6.45) is 0.0520. The van der Waals surface area contributed by atoms with Gasteiger partial charge in [0.25, 0.3) is 5.91 Å². The molecule has 2 aromatic carbocycles. The Balaban J connectivity index is 1.84. The minimum absolute atomic E-state index is 0.0520. The van der Waals surface area contributed by atoms with Crippen molar-refractivity contribution in [2.75, 3.05) is 7.11 Å². The van der Waals surface area contributed by atoms with E-state index in [0.717, 1.165) is 5.69 Å². The third-order valence-electron chi connectivity index (χ3n) is 3.02. The molecule has 2 rings (SSSR count). The molecule has 5 N–H and O–H groups in total. The molecule has 0 unspecified atom stereocenters. The van der Waals surface area contributed by atoms with Crippen molar-refractivity contribution in [3.63, 3.8) is 0 Å². The number of rotatable bonds is 5. The lowest BCUT2D eigenvalue weighted by molar-refractivity contribution is -0.830. The zero-order valence-electron chi connectivity index (χ0n) is 12.6. The van der Waals surface area contributed by atoms with Crippen LogP contribution in [0.5, 0.6) is 5.75 Å². The topological polar surface area (TPSA) is 104 Å². The second-order valence-corrected chi connectivity index (χ2v) is 4.82. The fourth-order valence-corrected chi connectivity index (χ4v) is 1.94. The fraction of sp³-hybridized carbons (Fsp3) is 0.125. The molecule has 7 heteroatoms. The number of amides is 2. The van der Waals surface area contributed by atoms with Gasteiger partial charge >= 0.3 is 0 Å². The predicted molar refractivity (Wildman–Crippen MR) is 82.5 cm³/mol. The highest BCUT2D eigenvalue weighted by Gasteiger charge is 2.09. The lowest BCUT2D eigenvalue weighted by atomic mass is 10.1. The minimum atomic E-state index is -0.418. The normalized spacial score (nSPS) is 10.1. The monoisotopic (exact) mass is 316 g/mol. The molecule has 0 fully saturated rings. The smallest absolute Gasteiger partial charge is 0.269 e. The summed E-state index contributed by atoms with van der Waals surface area (Å²) in [4.78, 5) is 28.6. The Morgan fingerprint density at radius 3 is 2.52 bits per heavy atom. The number of benzene rings is 2. The van der Waals surface area contributed by atoms with Crippen molar-refractivity contribution in [1.82, 2.24) is 10.9 Å². The average molecular weight is 316 g/mol. The molecular weight excluding hydrogens is 298 g/mol. The van der Waals surface area contributed by atoms with Gasteiger partial charge in [0, 0.05) is 17.7 Å². The Morgan fingerprint density at radius 2 is 1.87 bits per heavy atom. The Morgan fingerprint density at radius 1 is 1.13 bits per heavy atom. The van der Waals surface area contributed by atoms with E-state index >= 15 is 0 Å². The Hall–Kier alpha value is -2.90. The highest BCUT2D eigenvalue weighted by molar-refractivity contribution is 5.95. The van der Waals surface area contributed by atoms with Crippen molar-refractivity contribution in [1.29, 1.82) is 0 Å². The van der Waals surface area contributed by atoms with Gasteiger partial charge in [-0.1, -0.05) is 12.1 Å². The molecular formula is C16H18N3O4+. The van der Waals surface area contributed by atoms with E-state index in [1.54, 1.807) is 49.0 Å². The van der Waals surface area contributed by atoms with Gasteiger partial charge in [-0.15, -0.1) is 0 Å². The molecule has 0 aliphatic rings. The van der Waals surface area contributed by atoms with Crippen LogP contribution in [0.25, 0.3) is 0 Å². The summed E-state index contributed by atoms with van der Waals surface area (Å²) >= 11 is 0. The van der Waals surface area contributed by atoms with Crippen LogP contribution in [0, 0.1) is 0 Å². The van der Waals surface area contributed by atoms with Crippen LogP contribution in [-0.2, 0) is 16.1 Å². The standard InChI is InChI=1S/C16H17N3O4/c1-23-19-13-7-5-12(6-8-13)16(22)18-17-15(21)10-11-3-2-4-14(20)9-11/h2-9,19-20H,10H2,1H3,(H,17,21)(H,18,22)/p+1. The van der Waals surface area contributed by atoms with E-state index in [-0.39, 0.29) is 18.1 Å². The number of hydrogen-bond acceptors (Lipinski definition) is 4. The van der Waals surface area contributed by atoms with Crippen molar-refractivity contribution >= 4 is 17.5 Å². The summed E-state index contributed by atoms with van der Waals surface area (Å²) < 4.78 is 0. The first-order valence-electron chi connectivity index (χ1n) is 6.91. The summed E-state index contributed by atoms with van der Waals surface area (Å²) in [6.45, 7) is 0. The highest BCUT2D eigenvalue weighted by Crippen LogP contribution is 2.11. The number of carbonyl (C=O) groups is 2. The first-order chi connectivity index (χ1) is 11.1. The van der Waals surface area contributed by atoms with Gasteiger partial charge in [0.15, 0.2) is 5.69 Å². The van der Waals surface area contributed by atoms with E-state index in [4.69, 9.17) is 4.84 Å². The molecule has 0 saturated carbocycles. The minimum Gasteiger partial charge on any atom is -0.508 e. The van der Waals surface area contributed by atoms with Crippen molar-refractivity contribution in [3.8, 4) is 5.75 Å². The van der Waals surface area contributed by atoms with Gasteiger partial charge < -0.3 is 5.11 Å². The quantitative estimate of drug-likeness (QED) is 0.465. The lowest BCUT2D eigenvalue weighted by Crippen LogP contribution is -2.75. The molecule has 0 spiro atoms. The summed E-state index contributed by atoms with van der Waals surface area (Å²) in [5, 5.41) is 9.34. The van der Waals surface area contributed by atoms with E-state index in [9.17, 15) is 14.7 Å². The molecule has 0 radical (unpaired) electrons. The second kappa shape index (κ2) is 7.92. The Kier molecular flexibility index (Phi) is 5.67. The average Bonchev–Trinajstić information content (AvgIpc) is 2.54. The number of aromatic hydroxyl groups is 1. The fourth-order valence-electron chi connectivity index (χ4n) is 1.94. The van der Waals surface area contributed by atoms with Crippen LogP contribution in [0.2, 0.25) is 0 Å². The maximum atomic E-state index is 11.9. The molecule has 0 saturated heterocycles. The third-order valence-corrected chi connectivity index (χ3v) is 3.02. The molecule has 0 aliphatic carbocycles. The van der Waals surface area contributed by atoms with Gasteiger partial charge in [0.05, 0.1) is 13.5 Å². The zero-order valence-corrected chi connectivity index (χ0v) is 12.6. The van der Waals surface area contributed by atoms with Crippen molar-refractivity contribution in [2.24, 2.45) is 0 Å². The number of nitrogens with one attached hydrogen (secondary N) is 2. The summed E-state index contributed by atoms with van der Waals surface area (Å²) in [6, 6.07) is 13.1. The summed E-state index contributed by atoms with van der Waals surface area (Å²) in [7, 11) is 1.54. The Labute approximate surface area is 133 Å². The van der Waals surface area contributed by atoms with E-state index in [1.807, 2.05) is 0 Å². The van der Waals surface area contributed by atoms with Gasteiger partial charge in [-0.05, 0) is 29.8 Å². The number of hydrazine groups is 1. The van der Waals surface area contributed by atoms with E-state index in [2.05, 4.69) is 10.9 Å². The number of quaternary nitrogens is 1. The highest BCUT2D eigenvalue weighted by atomic mass is 16.6. The van der Waals surface area contributed by atoms with Crippen LogP contribution in [0.1, 0.15) is 15.9 Å². The molecule has 0 aliphatic heterocycles. The van der Waals surface area contributed by atoms with E-state index in [0.29, 0.717) is 11.1 Å². The summed E-state index contributed by atoms with van der Waals surface area (Å²) in [5.41, 5.74) is 8.13. The molecule has 120 valence electrons. The van der Waals surface area contributed by atoms with Crippen molar-refractivity contribution in [3.05, 3.63) is 59.7 Å². The lowest BCUT2D eigenvalue weighted by Gasteiger charge is -2.08. The first kappa shape index (κ1) is 16.5. The maximum absolute atomic E-state index is 11.9. The van der Waals surface area contributed by atoms with Gasteiger partial charge in [-0.3, -0.25) is 20.4 Å². The van der Waals surface area contributed by atoms with Gasteiger partial charge in [0.1, 0.15) is 5.75 Å². The predicted octanol–water partition coefficient (Wildman–Crippen LogP) is 0.152. The van der Waals surface area contributed by atoms with Gasteiger partial charge in [0.2, 0.25) is 5.91 Å². The van der Waals surface area contributed by atoms with Crippen LogP contribution >= 0.6 is 0 Å². The third kappa shape index (κ3) is 5.10. The zero-order chi connectivity index (χ0) is 16.7. The molecule has 0 bridgehead atoms. The van der Waals surface area contributed by atoms with Crippen LogP contribution in [0.15, 0.2) is 48.5 Å². The van der Waals surface area contributed by atoms with Crippen LogP contribution in [0.4, 0.5) is 5.69 Å². The van der Waals surface area contributed by atoms with Crippen LogP contribution in [-0.4, -0.2) is 24.0 Å². The second-order valence-electron chi connectivity index (χ2n) is 4.82. The molecule has 7 nitrogen and oxygen atoms in total.